The van der Waals surface area contributed by atoms with E-state index in [9.17, 15) is 4.79 Å². The number of nitrogens with one attached hydrogen (secondary N) is 1. The van der Waals surface area contributed by atoms with Gasteiger partial charge in [-0.1, -0.05) is 0 Å². The van der Waals surface area contributed by atoms with Crippen LogP contribution in [0.5, 0.6) is 0 Å². The Morgan fingerprint density at radius 2 is 2.21 bits per heavy atom. The monoisotopic (exact) mass is 263 g/mol. The molecule has 2 aliphatic rings. The number of rotatable bonds is 2. The first-order valence-electron chi connectivity index (χ1n) is 7.16. The van der Waals surface area contributed by atoms with Gasteiger partial charge in [0.05, 0.1) is 7.11 Å². The predicted octanol–water partition coefficient (Wildman–Crippen LogP) is 1.40. The van der Waals surface area contributed by atoms with Crippen LogP contribution in [-0.2, 0) is 16.0 Å². The van der Waals surface area contributed by atoms with Crippen molar-refractivity contribution in [2.45, 2.75) is 44.1 Å². The normalized spacial score (nSPS) is 23.9. The minimum atomic E-state index is -0.166. The second-order valence-electron chi connectivity index (χ2n) is 5.43. The second-order valence-corrected chi connectivity index (χ2v) is 5.43. The molecule has 0 aromatic carbocycles. The van der Waals surface area contributed by atoms with Gasteiger partial charge in [-0.25, -0.2) is 9.78 Å². The van der Waals surface area contributed by atoms with Gasteiger partial charge in [0.15, 0.2) is 0 Å². The number of aromatic nitrogens is 2. The van der Waals surface area contributed by atoms with Crippen molar-refractivity contribution in [3.8, 4) is 0 Å². The summed E-state index contributed by atoms with van der Waals surface area (Å²) >= 11 is 0. The van der Waals surface area contributed by atoms with Crippen LogP contribution in [0.1, 0.15) is 49.2 Å². The summed E-state index contributed by atoms with van der Waals surface area (Å²) in [4.78, 5) is 16.6. The van der Waals surface area contributed by atoms with Gasteiger partial charge in [0.2, 0.25) is 0 Å². The zero-order valence-corrected chi connectivity index (χ0v) is 11.4. The van der Waals surface area contributed by atoms with E-state index in [4.69, 9.17) is 4.74 Å². The highest BCUT2D eigenvalue weighted by atomic mass is 16.5. The molecule has 0 amide bonds. The lowest BCUT2D eigenvalue weighted by atomic mass is 9.95. The quantitative estimate of drug-likeness (QED) is 0.819. The van der Waals surface area contributed by atoms with E-state index in [1.165, 1.54) is 12.8 Å². The Hall–Kier alpha value is -1.36. The summed E-state index contributed by atoms with van der Waals surface area (Å²) in [7, 11) is 1.47. The van der Waals surface area contributed by atoms with Crippen molar-refractivity contribution in [3.63, 3.8) is 0 Å². The first kappa shape index (κ1) is 12.7. The molecule has 0 radical (unpaired) electrons. The molecule has 1 saturated heterocycles. The smallest absolute Gasteiger partial charge is 0.328 e. The van der Waals surface area contributed by atoms with Gasteiger partial charge in [-0.3, -0.25) is 0 Å². The number of esters is 1. The molecule has 5 nitrogen and oxygen atoms in total. The highest BCUT2D eigenvalue weighted by molar-refractivity contribution is 5.74. The van der Waals surface area contributed by atoms with Crippen LogP contribution in [0.2, 0.25) is 0 Å². The van der Waals surface area contributed by atoms with E-state index < -0.39 is 0 Å². The highest BCUT2D eigenvalue weighted by Gasteiger charge is 2.32. The number of carbonyl (C=O) groups is 1. The van der Waals surface area contributed by atoms with E-state index in [1.807, 2.05) is 6.20 Å². The van der Waals surface area contributed by atoms with Gasteiger partial charge >= 0.3 is 5.97 Å². The van der Waals surface area contributed by atoms with Crippen LogP contribution in [-0.4, -0.2) is 35.7 Å². The molecule has 1 atom stereocenters. The number of ether oxygens (including phenoxy) is 1. The summed E-state index contributed by atoms with van der Waals surface area (Å²) in [6.07, 6.45) is 7.08. The van der Waals surface area contributed by atoms with E-state index in [1.54, 1.807) is 0 Å². The summed E-state index contributed by atoms with van der Waals surface area (Å²) in [5.74, 6) is 1.43. The lowest BCUT2D eigenvalue weighted by Crippen LogP contribution is -2.32. The minimum Gasteiger partial charge on any atom is -0.467 e. The van der Waals surface area contributed by atoms with Gasteiger partial charge < -0.3 is 14.6 Å². The molecule has 0 saturated carbocycles. The SMILES string of the molecule is COC(=O)C1CCCc2cnc(C3CCNCC3)n21. The Labute approximate surface area is 113 Å². The largest absolute Gasteiger partial charge is 0.467 e. The van der Waals surface area contributed by atoms with Crippen LogP contribution in [0.15, 0.2) is 6.20 Å². The fourth-order valence-corrected chi connectivity index (χ4v) is 3.30. The average Bonchev–Trinajstić information content (AvgIpc) is 2.91. The molecule has 0 bridgehead atoms. The lowest BCUT2D eigenvalue weighted by Gasteiger charge is -2.29. The summed E-state index contributed by atoms with van der Waals surface area (Å²) in [6, 6.07) is -0.166. The van der Waals surface area contributed by atoms with Crippen LogP contribution in [0.4, 0.5) is 0 Å². The zero-order valence-electron chi connectivity index (χ0n) is 11.4. The minimum absolute atomic E-state index is 0.130. The van der Waals surface area contributed by atoms with Gasteiger partial charge in [-0.15, -0.1) is 0 Å². The molecule has 104 valence electrons. The Kier molecular flexibility index (Phi) is 3.55. The molecule has 1 unspecified atom stereocenters. The maximum atomic E-state index is 12.0. The van der Waals surface area contributed by atoms with E-state index in [0.717, 1.165) is 51.0 Å². The Morgan fingerprint density at radius 3 is 2.95 bits per heavy atom. The maximum Gasteiger partial charge on any atom is 0.328 e. The lowest BCUT2D eigenvalue weighted by molar-refractivity contribution is -0.145. The van der Waals surface area contributed by atoms with Gasteiger partial charge in [0, 0.05) is 17.8 Å². The first-order chi connectivity index (χ1) is 9.31. The molecule has 1 aromatic heterocycles. The molecule has 3 rings (SSSR count). The fraction of sp³-hybridized carbons (Fsp3) is 0.714. The average molecular weight is 263 g/mol. The molecule has 19 heavy (non-hydrogen) atoms. The van der Waals surface area contributed by atoms with E-state index in [-0.39, 0.29) is 12.0 Å². The van der Waals surface area contributed by atoms with Crippen LogP contribution < -0.4 is 5.32 Å². The molecule has 5 heteroatoms. The van der Waals surface area contributed by atoms with Crippen molar-refractivity contribution >= 4 is 5.97 Å². The van der Waals surface area contributed by atoms with Crippen molar-refractivity contribution in [1.82, 2.24) is 14.9 Å². The highest BCUT2D eigenvalue weighted by Crippen LogP contribution is 2.33. The number of aryl methyl sites for hydroxylation is 1. The molecule has 2 aliphatic heterocycles. The number of nitrogens with zero attached hydrogens (tertiary/aromatic N) is 2. The molecular weight excluding hydrogens is 242 g/mol. The number of piperidine rings is 1. The van der Waals surface area contributed by atoms with Crippen molar-refractivity contribution < 1.29 is 9.53 Å². The third kappa shape index (κ3) is 2.27. The number of carbonyl (C=O) groups excluding carboxylic acids is 1. The Balaban J connectivity index is 1.94. The molecule has 3 heterocycles. The number of imidazole rings is 1. The number of hydrogen-bond donors (Lipinski definition) is 1. The number of hydrogen-bond acceptors (Lipinski definition) is 4. The van der Waals surface area contributed by atoms with E-state index in [0.29, 0.717) is 5.92 Å². The molecular formula is C14H21N3O2. The fourth-order valence-electron chi connectivity index (χ4n) is 3.30. The van der Waals surface area contributed by atoms with Crippen LogP contribution in [0, 0.1) is 0 Å². The number of fused-ring (bicyclic) bond motifs is 1. The van der Waals surface area contributed by atoms with Gasteiger partial charge in [-0.05, 0) is 45.2 Å². The van der Waals surface area contributed by atoms with Crippen LogP contribution in [0.3, 0.4) is 0 Å². The van der Waals surface area contributed by atoms with E-state index >= 15 is 0 Å². The summed E-state index contributed by atoms with van der Waals surface area (Å²) in [5, 5.41) is 3.37. The van der Waals surface area contributed by atoms with Crippen LogP contribution >= 0.6 is 0 Å². The second kappa shape index (κ2) is 5.33. The van der Waals surface area contributed by atoms with Crippen molar-refractivity contribution in [3.05, 3.63) is 17.7 Å². The molecule has 1 fully saturated rings. The van der Waals surface area contributed by atoms with Crippen molar-refractivity contribution in [2.24, 2.45) is 0 Å². The van der Waals surface area contributed by atoms with Gasteiger partial charge in [0.1, 0.15) is 11.9 Å². The molecule has 1 N–H and O–H groups in total. The summed E-state index contributed by atoms with van der Waals surface area (Å²) in [6.45, 7) is 2.07. The van der Waals surface area contributed by atoms with E-state index in [2.05, 4.69) is 14.9 Å². The molecule has 0 aliphatic carbocycles. The zero-order chi connectivity index (χ0) is 13.2. The topological polar surface area (TPSA) is 56.1 Å². The van der Waals surface area contributed by atoms with Gasteiger partial charge in [-0.2, -0.15) is 0 Å². The maximum absolute atomic E-state index is 12.0. The van der Waals surface area contributed by atoms with Crippen molar-refractivity contribution in [2.75, 3.05) is 20.2 Å². The standard InChI is InChI=1S/C14H21N3O2/c1-19-14(18)12-4-2-3-11-9-16-13(17(11)12)10-5-7-15-8-6-10/h9-10,12,15H,2-8H2,1H3. The third-order valence-corrected chi connectivity index (χ3v) is 4.30. The predicted molar refractivity (Wildman–Crippen MR) is 71.1 cm³/mol. The third-order valence-electron chi connectivity index (χ3n) is 4.30. The Morgan fingerprint density at radius 1 is 1.42 bits per heavy atom. The summed E-state index contributed by atoms with van der Waals surface area (Å²) in [5.41, 5.74) is 1.19. The first-order valence-corrected chi connectivity index (χ1v) is 7.16. The Bertz CT molecular complexity index is 463. The van der Waals surface area contributed by atoms with Gasteiger partial charge in [0.25, 0.3) is 0 Å². The molecule has 1 aromatic rings. The van der Waals surface area contributed by atoms with Crippen LogP contribution in [0.25, 0.3) is 0 Å². The summed E-state index contributed by atoms with van der Waals surface area (Å²) < 4.78 is 7.12. The molecule has 0 spiro atoms. The number of methoxy groups -OCH3 is 1. The van der Waals surface area contributed by atoms with Crippen molar-refractivity contribution in [1.29, 1.82) is 0 Å².